The Kier molecular flexibility index (Phi) is 4.94. The molecule has 0 unspecified atom stereocenters. The lowest BCUT2D eigenvalue weighted by molar-refractivity contribution is -0.134. The van der Waals surface area contributed by atoms with Crippen molar-refractivity contribution in [2.24, 2.45) is 0 Å². The first-order chi connectivity index (χ1) is 10.1. The van der Waals surface area contributed by atoms with Gasteiger partial charge in [-0.15, -0.1) is 0 Å². The van der Waals surface area contributed by atoms with Crippen LogP contribution in [0.4, 0.5) is 4.39 Å². The predicted molar refractivity (Wildman–Crippen MR) is 78.4 cm³/mol. The number of likely N-dealkylation sites (tertiary alicyclic amines) is 1. The van der Waals surface area contributed by atoms with Gasteiger partial charge in [0.1, 0.15) is 11.9 Å². The second-order valence-corrected chi connectivity index (χ2v) is 5.15. The molecule has 1 fully saturated rings. The number of nitrogens with zero attached hydrogens (tertiary/aromatic N) is 2. The van der Waals surface area contributed by atoms with Gasteiger partial charge in [0.15, 0.2) is 0 Å². The summed E-state index contributed by atoms with van der Waals surface area (Å²) in [6, 6.07) is 5.46. The first-order valence-electron chi connectivity index (χ1n) is 7.44. The molecule has 114 valence electrons. The minimum absolute atomic E-state index is 0.0387. The summed E-state index contributed by atoms with van der Waals surface area (Å²) in [6.45, 7) is 5.57. The maximum Gasteiger partial charge on any atom is 0.257 e. The standard InChI is InChI=1S/C16H21FN2O2/c1-3-18(4-2)16(21)14-10-7-11-19(14)15(20)12-8-5-6-9-13(12)17/h5-6,8-9,14H,3-4,7,10-11H2,1-2H3/t14-/m1/s1. The summed E-state index contributed by atoms with van der Waals surface area (Å²) in [6.07, 6.45) is 1.42. The summed E-state index contributed by atoms with van der Waals surface area (Å²) >= 11 is 0. The molecule has 4 nitrogen and oxygen atoms in total. The molecule has 1 aliphatic rings. The van der Waals surface area contributed by atoms with E-state index in [2.05, 4.69) is 0 Å². The molecule has 1 aromatic rings. The van der Waals surface area contributed by atoms with Gasteiger partial charge in [-0.2, -0.15) is 0 Å². The molecule has 1 aliphatic heterocycles. The fourth-order valence-corrected chi connectivity index (χ4v) is 2.80. The summed E-state index contributed by atoms with van der Waals surface area (Å²) in [7, 11) is 0. The Labute approximate surface area is 124 Å². The summed E-state index contributed by atoms with van der Waals surface area (Å²) < 4.78 is 13.8. The molecule has 5 heteroatoms. The number of hydrogen-bond donors (Lipinski definition) is 0. The molecule has 21 heavy (non-hydrogen) atoms. The number of amides is 2. The van der Waals surface area contributed by atoms with Crippen LogP contribution in [-0.2, 0) is 4.79 Å². The molecule has 1 aromatic carbocycles. The normalized spacial score (nSPS) is 17.9. The summed E-state index contributed by atoms with van der Waals surface area (Å²) in [5.74, 6) is -0.971. The van der Waals surface area contributed by atoms with E-state index in [-0.39, 0.29) is 11.5 Å². The summed E-state index contributed by atoms with van der Waals surface area (Å²) in [5.41, 5.74) is 0.0387. The Bertz CT molecular complexity index is 529. The Hall–Kier alpha value is -1.91. The minimum atomic E-state index is -0.538. The van der Waals surface area contributed by atoms with E-state index in [0.29, 0.717) is 26.1 Å². The van der Waals surface area contributed by atoms with Gasteiger partial charge in [-0.1, -0.05) is 12.1 Å². The van der Waals surface area contributed by atoms with Crippen LogP contribution in [0.5, 0.6) is 0 Å². The molecule has 0 aromatic heterocycles. The quantitative estimate of drug-likeness (QED) is 0.854. The molecule has 0 aliphatic carbocycles. The van der Waals surface area contributed by atoms with Crippen molar-refractivity contribution in [3.05, 3.63) is 35.6 Å². The highest BCUT2D eigenvalue weighted by molar-refractivity contribution is 5.98. The summed E-state index contributed by atoms with van der Waals surface area (Å²) in [4.78, 5) is 28.2. The van der Waals surface area contributed by atoms with Crippen LogP contribution in [0, 0.1) is 5.82 Å². The van der Waals surface area contributed by atoms with Crippen LogP contribution < -0.4 is 0 Å². The van der Waals surface area contributed by atoms with Gasteiger partial charge in [0, 0.05) is 19.6 Å². The highest BCUT2D eigenvalue weighted by Gasteiger charge is 2.36. The molecular weight excluding hydrogens is 271 g/mol. The Balaban J connectivity index is 2.21. The van der Waals surface area contributed by atoms with Gasteiger partial charge in [0.25, 0.3) is 5.91 Å². The molecule has 0 radical (unpaired) electrons. The van der Waals surface area contributed by atoms with Crippen LogP contribution in [-0.4, -0.2) is 47.3 Å². The van der Waals surface area contributed by atoms with Crippen molar-refractivity contribution in [2.45, 2.75) is 32.7 Å². The van der Waals surface area contributed by atoms with Crippen molar-refractivity contribution in [3.63, 3.8) is 0 Å². The number of carbonyl (C=O) groups is 2. The van der Waals surface area contributed by atoms with Crippen LogP contribution in [0.25, 0.3) is 0 Å². The van der Waals surface area contributed by atoms with E-state index < -0.39 is 17.8 Å². The second-order valence-electron chi connectivity index (χ2n) is 5.15. The molecular formula is C16H21FN2O2. The van der Waals surface area contributed by atoms with Gasteiger partial charge in [-0.25, -0.2) is 4.39 Å². The molecule has 2 amide bonds. The zero-order chi connectivity index (χ0) is 15.4. The number of likely N-dealkylation sites (N-methyl/N-ethyl adjacent to an activating group) is 1. The Morgan fingerprint density at radius 2 is 1.95 bits per heavy atom. The fraction of sp³-hybridized carbons (Fsp3) is 0.500. The van der Waals surface area contributed by atoms with E-state index in [1.807, 2.05) is 13.8 Å². The number of rotatable bonds is 4. The molecule has 1 heterocycles. The lowest BCUT2D eigenvalue weighted by Crippen LogP contribution is -2.47. The van der Waals surface area contributed by atoms with Crippen molar-refractivity contribution in [2.75, 3.05) is 19.6 Å². The molecule has 2 rings (SSSR count). The Morgan fingerprint density at radius 1 is 1.29 bits per heavy atom. The number of benzene rings is 1. The third kappa shape index (κ3) is 3.06. The minimum Gasteiger partial charge on any atom is -0.341 e. The lowest BCUT2D eigenvalue weighted by Gasteiger charge is -2.29. The van der Waals surface area contributed by atoms with Gasteiger partial charge in [-0.3, -0.25) is 9.59 Å². The van der Waals surface area contributed by atoms with Gasteiger partial charge in [-0.05, 0) is 38.8 Å². The second kappa shape index (κ2) is 6.70. The first-order valence-corrected chi connectivity index (χ1v) is 7.44. The topological polar surface area (TPSA) is 40.6 Å². The fourth-order valence-electron chi connectivity index (χ4n) is 2.80. The zero-order valence-corrected chi connectivity index (χ0v) is 12.5. The van der Waals surface area contributed by atoms with Crippen molar-refractivity contribution in [1.82, 2.24) is 9.80 Å². The van der Waals surface area contributed by atoms with Crippen LogP contribution >= 0.6 is 0 Å². The third-order valence-electron chi connectivity index (χ3n) is 3.98. The van der Waals surface area contributed by atoms with Crippen molar-refractivity contribution >= 4 is 11.8 Å². The van der Waals surface area contributed by atoms with Gasteiger partial charge >= 0.3 is 0 Å². The maximum atomic E-state index is 13.8. The van der Waals surface area contributed by atoms with Crippen LogP contribution in [0.3, 0.4) is 0 Å². The van der Waals surface area contributed by atoms with E-state index >= 15 is 0 Å². The molecule has 0 N–H and O–H groups in total. The van der Waals surface area contributed by atoms with E-state index in [1.165, 1.54) is 17.0 Å². The molecule has 0 bridgehead atoms. The predicted octanol–water partition coefficient (Wildman–Crippen LogP) is 2.30. The van der Waals surface area contributed by atoms with Crippen molar-refractivity contribution < 1.29 is 14.0 Å². The van der Waals surface area contributed by atoms with E-state index in [4.69, 9.17) is 0 Å². The SMILES string of the molecule is CCN(CC)C(=O)[C@H]1CCCN1C(=O)c1ccccc1F. The van der Waals surface area contributed by atoms with Crippen molar-refractivity contribution in [1.29, 1.82) is 0 Å². The average Bonchev–Trinajstić information content (AvgIpc) is 2.97. The van der Waals surface area contributed by atoms with Crippen molar-refractivity contribution in [3.8, 4) is 0 Å². The van der Waals surface area contributed by atoms with Crippen LogP contribution in [0.2, 0.25) is 0 Å². The van der Waals surface area contributed by atoms with Crippen LogP contribution in [0.1, 0.15) is 37.0 Å². The van der Waals surface area contributed by atoms with E-state index in [9.17, 15) is 14.0 Å². The molecule has 1 saturated heterocycles. The largest absolute Gasteiger partial charge is 0.341 e. The molecule has 1 atom stereocenters. The van der Waals surface area contributed by atoms with E-state index in [1.54, 1.807) is 17.0 Å². The zero-order valence-electron chi connectivity index (χ0n) is 12.5. The molecule has 0 saturated carbocycles. The van der Waals surface area contributed by atoms with Gasteiger partial charge < -0.3 is 9.80 Å². The maximum absolute atomic E-state index is 13.8. The smallest absolute Gasteiger partial charge is 0.257 e. The van der Waals surface area contributed by atoms with E-state index in [0.717, 1.165) is 6.42 Å². The molecule has 0 spiro atoms. The number of carbonyl (C=O) groups excluding carboxylic acids is 2. The monoisotopic (exact) mass is 292 g/mol. The van der Waals surface area contributed by atoms with Gasteiger partial charge in [0.2, 0.25) is 5.91 Å². The third-order valence-corrected chi connectivity index (χ3v) is 3.98. The number of halogens is 1. The highest BCUT2D eigenvalue weighted by atomic mass is 19.1. The summed E-state index contributed by atoms with van der Waals surface area (Å²) in [5, 5.41) is 0. The average molecular weight is 292 g/mol. The van der Waals surface area contributed by atoms with Gasteiger partial charge in [0.05, 0.1) is 5.56 Å². The lowest BCUT2D eigenvalue weighted by atomic mass is 10.1. The number of hydrogen-bond acceptors (Lipinski definition) is 2. The Morgan fingerprint density at radius 3 is 2.57 bits per heavy atom. The van der Waals surface area contributed by atoms with Crippen LogP contribution in [0.15, 0.2) is 24.3 Å². The first kappa shape index (κ1) is 15.5. The highest BCUT2D eigenvalue weighted by Crippen LogP contribution is 2.23.